The molecule has 2 N–H and O–H groups in total. The normalized spacial score (nSPS) is 29.4. The van der Waals surface area contributed by atoms with Crippen molar-refractivity contribution >= 4 is 5.91 Å². The zero-order chi connectivity index (χ0) is 13.0. The molecule has 0 aromatic carbocycles. The molecule has 4 nitrogen and oxygen atoms in total. The maximum Gasteiger partial charge on any atom is 0.222 e. The zero-order valence-electron chi connectivity index (χ0n) is 11.5. The van der Waals surface area contributed by atoms with Gasteiger partial charge in [-0.3, -0.25) is 4.79 Å². The Hall–Kier alpha value is -0.610. The molecule has 1 saturated carbocycles. The van der Waals surface area contributed by atoms with Crippen LogP contribution in [0.3, 0.4) is 0 Å². The maximum atomic E-state index is 12.1. The summed E-state index contributed by atoms with van der Waals surface area (Å²) >= 11 is 0. The van der Waals surface area contributed by atoms with Crippen molar-refractivity contribution in [1.29, 1.82) is 0 Å². The SMILES string of the molecule is CN(CC1(O)CCNC1)C(=O)CC1CCCCC1. The van der Waals surface area contributed by atoms with E-state index in [0.29, 0.717) is 25.4 Å². The summed E-state index contributed by atoms with van der Waals surface area (Å²) in [5.74, 6) is 0.771. The smallest absolute Gasteiger partial charge is 0.222 e. The lowest BCUT2D eigenvalue weighted by atomic mass is 9.86. The molecule has 1 heterocycles. The van der Waals surface area contributed by atoms with E-state index in [1.54, 1.807) is 4.90 Å². The molecule has 0 aromatic rings. The van der Waals surface area contributed by atoms with Gasteiger partial charge in [0, 0.05) is 20.0 Å². The van der Waals surface area contributed by atoms with E-state index in [1.807, 2.05) is 7.05 Å². The van der Waals surface area contributed by atoms with Crippen molar-refractivity contribution in [3.63, 3.8) is 0 Å². The van der Waals surface area contributed by atoms with Crippen LogP contribution in [-0.4, -0.2) is 48.2 Å². The molecule has 0 radical (unpaired) electrons. The van der Waals surface area contributed by atoms with Crippen molar-refractivity contribution in [3.8, 4) is 0 Å². The first kappa shape index (κ1) is 13.8. The standard InChI is InChI=1S/C14H26N2O2/c1-16(11-14(18)7-8-15-10-14)13(17)9-12-5-3-2-4-6-12/h12,15,18H,2-11H2,1H3. The van der Waals surface area contributed by atoms with Crippen molar-refractivity contribution in [1.82, 2.24) is 10.2 Å². The highest BCUT2D eigenvalue weighted by Gasteiger charge is 2.33. The van der Waals surface area contributed by atoms with Gasteiger partial charge in [0.2, 0.25) is 5.91 Å². The van der Waals surface area contributed by atoms with E-state index in [4.69, 9.17) is 0 Å². The first-order valence-electron chi connectivity index (χ1n) is 7.26. The molecule has 2 rings (SSSR count). The number of carbonyl (C=O) groups is 1. The van der Waals surface area contributed by atoms with Crippen LogP contribution in [0.15, 0.2) is 0 Å². The third-order valence-corrected chi connectivity index (χ3v) is 4.37. The van der Waals surface area contributed by atoms with Gasteiger partial charge in [-0.15, -0.1) is 0 Å². The van der Waals surface area contributed by atoms with Gasteiger partial charge in [-0.2, -0.15) is 0 Å². The Balaban J connectivity index is 1.77. The van der Waals surface area contributed by atoms with Crippen LogP contribution in [0.4, 0.5) is 0 Å². The molecule has 2 aliphatic rings. The second-order valence-electron chi connectivity index (χ2n) is 6.11. The highest BCUT2D eigenvalue weighted by Crippen LogP contribution is 2.27. The zero-order valence-corrected chi connectivity index (χ0v) is 11.5. The van der Waals surface area contributed by atoms with E-state index in [1.165, 1.54) is 32.1 Å². The fourth-order valence-corrected chi connectivity index (χ4v) is 3.19. The third kappa shape index (κ3) is 3.69. The fraction of sp³-hybridized carbons (Fsp3) is 0.929. The molecule has 1 aliphatic heterocycles. The van der Waals surface area contributed by atoms with Crippen LogP contribution in [0, 0.1) is 5.92 Å². The van der Waals surface area contributed by atoms with Crippen molar-refractivity contribution in [3.05, 3.63) is 0 Å². The van der Waals surface area contributed by atoms with E-state index >= 15 is 0 Å². The second kappa shape index (κ2) is 6.02. The molecule has 2 fully saturated rings. The fourth-order valence-electron chi connectivity index (χ4n) is 3.19. The van der Waals surface area contributed by atoms with Crippen molar-refractivity contribution in [2.24, 2.45) is 5.92 Å². The predicted octanol–water partition coefficient (Wildman–Crippen LogP) is 1.14. The van der Waals surface area contributed by atoms with Gasteiger partial charge in [-0.1, -0.05) is 19.3 Å². The molecular weight excluding hydrogens is 228 g/mol. The molecule has 4 heteroatoms. The number of hydrogen-bond donors (Lipinski definition) is 2. The molecule has 0 bridgehead atoms. The lowest BCUT2D eigenvalue weighted by Gasteiger charge is -2.30. The van der Waals surface area contributed by atoms with Crippen LogP contribution >= 0.6 is 0 Å². The Bertz CT molecular complexity index is 282. The molecule has 104 valence electrons. The van der Waals surface area contributed by atoms with Gasteiger partial charge < -0.3 is 15.3 Å². The van der Waals surface area contributed by atoms with Gasteiger partial charge in [0.05, 0.1) is 12.1 Å². The summed E-state index contributed by atoms with van der Waals surface area (Å²) in [4.78, 5) is 13.9. The number of aliphatic hydroxyl groups is 1. The average Bonchev–Trinajstić information content (AvgIpc) is 2.77. The molecule has 1 amide bonds. The minimum atomic E-state index is -0.711. The lowest BCUT2D eigenvalue weighted by Crippen LogP contribution is -2.45. The first-order chi connectivity index (χ1) is 8.59. The monoisotopic (exact) mass is 254 g/mol. The molecule has 0 aromatic heterocycles. The number of nitrogens with zero attached hydrogens (tertiary/aromatic N) is 1. The first-order valence-corrected chi connectivity index (χ1v) is 7.26. The Morgan fingerprint density at radius 3 is 2.72 bits per heavy atom. The van der Waals surface area contributed by atoms with Gasteiger partial charge in [0.15, 0.2) is 0 Å². The van der Waals surface area contributed by atoms with Crippen LogP contribution in [-0.2, 0) is 4.79 Å². The number of likely N-dealkylation sites (N-methyl/N-ethyl adjacent to an activating group) is 1. The van der Waals surface area contributed by atoms with Crippen LogP contribution in [0.1, 0.15) is 44.9 Å². The van der Waals surface area contributed by atoms with E-state index in [-0.39, 0.29) is 5.91 Å². The molecule has 1 unspecified atom stereocenters. The third-order valence-electron chi connectivity index (χ3n) is 4.37. The number of hydrogen-bond acceptors (Lipinski definition) is 3. The highest BCUT2D eigenvalue weighted by molar-refractivity contribution is 5.76. The molecule has 18 heavy (non-hydrogen) atoms. The summed E-state index contributed by atoms with van der Waals surface area (Å²) in [6.07, 6.45) is 7.68. The number of rotatable bonds is 4. The van der Waals surface area contributed by atoms with E-state index < -0.39 is 5.60 Å². The van der Waals surface area contributed by atoms with E-state index in [2.05, 4.69) is 5.32 Å². The van der Waals surface area contributed by atoms with Crippen molar-refractivity contribution in [2.75, 3.05) is 26.7 Å². The Morgan fingerprint density at radius 1 is 1.39 bits per heavy atom. The molecule has 1 aliphatic carbocycles. The van der Waals surface area contributed by atoms with Crippen LogP contribution in [0.5, 0.6) is 0 Å². The Morgan fingerprint density at radius 2 is 2.11 bits per heavy atom. The Labute approximate surface area is 110 Å². The van der Waals surface area contributed by atoms with Crippen LogP contribution in [0.25, 0.3) is 0 Å². The topological polar surface area (TPSA) is 52.6 Å². The van der Waals surface area contributed by atoms with Gasteiger partial charge >= 0.3 is 0 Å². The minimum absolute atomic E-state index is 0.197. The molecule has 1 atom stereocenters. The number of carbonyl (C=O) groups excluding carboxylic acids is 1. The molecule has 0 spiro atoms. The average molecular weight is 254 g/mol. The van der Waals surface area contributed by atoms with Gasteiger partial charge in [-0.05, 0) is 31.7 Å². The predicted molar refractivity (Wildman–Crippen MR) is 71.3 cm³/mol. The summed E-state index contributed by atoms with van der Waals surface area (Å²) < 4.78 is 0. The minimum Gasteiger partial charge on any atom is -0.387 e. The largest absolute Gasteiger partial charge is 0.387 e. The second-order valence-corrected chi connectivity index (χ2v) is 6.11. The summed E-state index contributed by atoms with van der Waals surface area (Å²) in [5.41, 5.74) is -0.711. The molecular formula is C14H26N2O2. The quantitative estimate of drug-likeness (QED) is 0.791. The van der Waals surface area contributed by atoms with Gasteiger partial charge in [0.1, 0.15) is 0 Å². The Kier molecular flexibility index (Phi) is 4.62. The van der Waals surface area contributed by atoms with Gasteiger partial charge in [-0.25, -0.2) is 0 Å². The van der Waals surface area contributed by atoms with E-state index in [9.17, 15) is 9.90 Å². The summed E-state index contributed by atoms with van der Waals surface area (Å²) in [5, 5.41) is 13.4. The summed E-state index contributed by atoms with van der Waals surface area (Å²) in [7, 11) is 1.82. The summed E-state index contributed by atoms with van der Waals surface area (Å²) in [6, 6.07) is 0. The van der Waals surface area contributed by atoms with Crippen molar-refractivity contribution < 1.29 is 9.90 Å². The number of β-amino-alcohol motifs (C(OH)–C–C–N with tert-alkyl or cyclic N) is 1. The van der Waals surface area contributed by atoms with Crippen LogP contribution < -0.4 is 5.32 Å². The number of nitrogens with one attached hydrogen (secondary N) is 1. The lowest BCUT2D eigenvalue weighted by molar-refractivity contribution is -0.134. The van der Waals surface area contributed by atoms with E-state index in [0.717, 1.165) is 13.0 Å². The van der Waals surface area contributed by atoms with Crippen molar-refractivity contribution in [2.45, 2.75) is 50.5 Å². The highest BCUT2D eigenvalue weighted by atomic mass is 16.3. The van der Waals surface area contributed by atoms with Crippen LogP contribution in [0.2, 0.25) is 0 Å². The molecule has 1 saturated heterocycles. The summed E-state index contributed by atoms with van der Waals surface area (Å²) in [6.45, 7) is 1.92. The number of amides is 1. The van der Waals surface area contributed by atoms with Gasteiger partial charge in [0.25, 0.3) is 0 Å². The maximum absolute atomic E-state index is 12.1.